The van der Waals surface area contributed by atoms with Gasteiger partial charge in [-0.2, -0.15) is 5.06 Å². The van der Waals surface area contributed by atoms with Crippen LogP contribution >= 0.6 is 0 Å². The van der Waals surface area contributed by atoms with E-state index in [-0.39, 0.29) is 12.1 Å². The first-order valence-corrected chi connectivity index (χ1v) is 11.1. The van der Waals surface area contributed by atoms with E-state index < -0.39 is 0 Å². The van der Waals surface area contributed by atoms with Crippen molar-refractivity contribution >= 4 is 0 Å². The normalized spacial score (nSPS) is 12.9. The summed E-state index contributed by atoms with van der Waals surface area (Å²) in [5.74, 6) is 0.779. The molecule has 1 N–H and O–H groups in total. The highest BCUT2D eigenvalue weighted by Gasteiger charge is 2.29. The van der Waals surface area contributed by atoms with Crippen molar-refractivity contribution < 1.29 is 14.7 Å². The van der Waals surface area contributed by atoms with Crippen molar-refractivity contribution in [1.82, 2.24) is 5.06 Å². The fourth-order valence-corrected chi connectivity index (χ4v) is 3.96. The van der Waals surface area contributed by atoms with Gasteiger partial charge in [-0.05, 0) is 34.4 Å². The molecule has 4 aromatic rings. The number of ether oxygens (including phenoxy) is 2. The summed E-state index contributed by atoms with van der Waals surface area (Å²) in [4.78, 5) is 0. The van der Waals surface area contributed by atoms with Gasteiger partial charge in [-0.1, -0.05) is 103 Å². The third-order valence-corrected chi connectivity index (χ3v) is 5.70. The van der Waals surface area contributed by atoms with E-state index in [2.05, 4.69) is 0 Å². The lowest BCUT2D eigenvalue weighted by molar-refractivity contribution is -0.169. The predicted octanol–water partition coefficient (Wildman–Crippen LogP) is 6.43. The van der Waals surface area contributed by atoms with E-state index >= 15 is 0 Å². The standard InChI is InChI=1S/C29H29NO3/c1-32-27-19-17-26(18-20-27)29(25-15-9-4-10-16-25)30(31)28(24-13-7-3-8-14-24)22-33-21-23-11-5-2-6-12-23/h2-20,28-29,31H,21-22H2,1H3/t28-,29-/m0/s1. The van der Waals surface area contributed by atoms with Crippen molar-refractivity contribution in [2.75, 3.05) is 13.7 Å². The Balaban J connectivity index is 1.64. The highest BCUT2D eigenvalue weighted by atomic mass is 16.5. The lowest BCUT2D eigenvalue weighted by Crippen LogP contribution is -2.33. The van der Waals surface area contributed by atoms with E-state index in [1.54, 1.807) is 7.11 Å². The monoisotopic (exact) mass is 439 g/mol. The van der Waals surface area contributed by atoms with Crippen LogP contribution in [0.25, 0.3) is 0 Å². The number of methoxy groups -OCH3 is 1. The molecule has 4 nitrogen and oxygen atoms in total. The quantitative estimate of drug-likeness (QED) is 0.289. The van der Waals surface area contributed by atoms with E-state index in [9.17, 15) is 5.21 Å². The average Bonchev–Trinajstić information content (AvgIpc) is 2.89. The molecule has 0 unspecified atom stereocenters. The van der Waals surface area contributed by atoms with Crippen LogP contribution in [0, 0.1) is 0 Å². The van der Waals surface area contributed by atoms with Gasteiger partial charge in [0.2, 0.25) is 0 Å². The smallest absolute Gasteiger partial charge is 0.118 e. The van der Waals surface area contributed by atoms with Crippen molar-refractivity contribution in [3.63, 3.8) is 0 Å². The van der Waals surface area contributed by atoms with Gasteiger partial charge in [0.15, 0.2) is 0 Å². The lowest BCUT2D eigenvalue weighted by atomic mass is 9.95. The summed E-state index contributed by atoms with van der Waals surface area (Å²) in [6.45, 7) is 0.825. The van der Waals surface area contributed by atoms with Crippen LogP contribution in [0.4, 0.5) is 0 Å². The summed E-state index contributed by atoms with van der Waals surface area (Å²) in [5, 5.41) is 13.1. The number of nitrogens with zero attached hydrogens (tertiary/aromatic N) is 1. The Morgan fingerprint density at radius 1 is 0.667 bits per heavy atom. The molecule has 0 bridgehead atoms. The summed E-state index contributed by atoms with van der Waals surface area (Å²) >= 11 is 0. The van der Waals surface area contributed by atoms with E-state index in [1.807, 2.05) is 115 Å². The Kier molecular flexibility index (Phi) is 7.88. The number of hydrogen-bond donors (Lipinski definition) is 1. The number of hydrogen-bond acceptors (Lipinski definition) is 4. The highest BCUT2D eigenvalue weighted by Crippen LogP contribution is 2.35. The summed E-state index contributed by atoms with van der Waals surface area (Å²) in [6, 6.07) is 37.2. The first kappa shape index (κ1) is 22.7. The van der Waals surface area contributed by atoms with Gasteiger partial charge in [-0.3, -0.25) is 0 Å². The topological polar surface area (TPSA) is 41.9 Å². The zero-order valence-electron chi connectivity index (χ0n) is 18.7. The number of benzene rings is 4. The molecule has 0 aromatic heterocycles. The van der Waals surface area contributed by atoms with Crippen molar-refractivity contribution in [3.8, 4) is 5.75 Å². The van der Waals surface area contributed by atoms with Gasteiger partial charge in [0.05, 0.1) is 32.4 Å². The molecule has 2 atom stereocenters. The zero-order chi connectivity index (χ0) is 22.9. The van der Waals surface area contributed by atoms with Crippen LogP contribution in [-0.4, -0.2) is 24.0 Å². The molecule has 4 rings (SSSR count). The molecule has 0 fully saturated rings. The van der Waals surface area contributed by atoms with Crippen LogP contribution in [0.1, 0.15) is 34.3 Å². The molecule has 0 amide bonds. The molecule has 0 aliphatic rings. The average molecular weight is 440 g/mol. The minimum Gasteiger partial charge on any atom is -0.497 e. The van der Waals surface area contributed by atoms with Gasteiger partial charge in [0.25, 0.3) is 0 Å². The summed E-state index contributed by atoms with van der Waals surface area (Å²) < 4.78 is 11.4. The predicted molar refractivity (Wildman–Crippen MR) is 130 cm³/mol. The van der Waals surface area contributed by atoms with Crippen LogP contribution < -0.4 is 4.74 Å². The van der Waals surface area contributed by atoms with Crippen molar-refractivity contribution in [2.24, 2.45) is 0 Å². The minimum atomic E-state index is -0.373. The van der Waals surface area contributed by atoms with E-state index in [0.717, 1.165) is 28.0 Å². The van der Waals surface area contributed by atoms with Gasteiger partial charge in [-0.25, -0.2) is 0 Å². The largest absolute Gasteiger partial charge is 0.497 e. The Labute approximate surface area is 195 Å². The van der Waals surface area contributed by atoms with Gasteiger partial charge in [-0.15, -0.1) is 0 Å². The Morgan fingerprint density at radius 2 is 1.18 bits per heavy atom. The van der Waals surface area contributed by atoms with Crippen molar-refractivity contribution in [2.45, 2.75) is 18.7 Å². The molecule has 0 radical (unpaired) electrons. The minimum absolute atomic E-state index is 0.342. The second-order valence-electron chi connectivity index (χ2n) is 7.89. The molecule has 0 saturated heterocycles. The SMILES string of the molecule is COc1ccc([C@H](c2ccccc2)N(O)[C@@H](COCc2ccccc2)c2ccccc2)cc1. The molecule has 0 aliphatic heterocycles. The van der Waals surface area contributed by atoms with Gasteiger partial charge >= 0.3 is 0 Å². The molecule has 0 heterocycles. The molecule has 33 heavy (non-hydrogen) atoms. The van der Waals surface area contributed by atoms with Crippen LogP contribution in [0.3, 0.4) is 0 Å². The van der Waals surface area contributed by atoms with E-state index in [0.29, 0.717) is 13.2 Å². The molecule has 0 aliphatic carbocycles. The van der Waals surface area contributed by atoms with Crippen LogP contribution in [-0.2, 0) is 11.3 Å². The molecule has 4 aromatic carbocycles. The fourth-order valence-electron chi connectivity index (χ4n) is 3.96. The molecule has 0 saturated carbocycles. The third kappa shape index (κ3) is 5.88. The maximum Gasteiger partial charge on any atom is 0.118 e. The maximum absolute atomic E-state index is 11.7. The van der Waals surface area contributed by atoms with E-state index in [1.165, 1.54) is 5.06 Å². The summed E-state index contributed by atoms with van der Waals surface area (Å²) in [6.07, 6.45) is 0. The van der Waals surface area contributed by atoms with Crippen LogP contribution in [0.15, 0.2) is 115 Å². The molecular weight excluding hydrogens is 410 g/mol. The van der Waals surface area contributed by atoms with Gasteiger partial charge in [0.1, 0.15) is 5.75 Å². The Morgan fingerprint density at radius 3 is 1.76 bits per heavy atom. The second-order valence-corrected chi connectivity index (χ2v) is 7.89. The Hall–Kier alpha value is -3.44. The molecule has 4 heteroatoms. The van der Waals surface area contributed by atoms with Crippen LogP contribution in [0.5, 0.6) is 5.75 Å². The van der Waals surface area contributed by atoms with Gasteiger partial charge < -0.3 is 14.7 Å². The molecular formula is C29H29NO3. The molecule has 168 valence electrons. The zero-order valence-corrected chi connectivity index (χ0v) is 18.7. The van der Waals surface area contributed by atoms with Gasteiger partial charge in [0, 0.05) is 0 Å². The lowest BCUT2D eigenvalue weighted by Gasteiger charge is -2.34. The summed E-state index contributed by atoms with van der Waals surface area (Å²) in [5.41, 5.74) is 4.05. The van der Waals surface area contributed by atoms with E-state index in [4.69, 9.17) is 9.47 Å². The molecule has 0 spiro atoms. The second kappa shape index (κ2) is 11.4. The van der Waals surface area contributed by atoms with Crippen molar-refractivity contribution in [1.29, 1.82) is 0 Å². The number of hydroxylamine groups is 2. The highest BCUT2D eigenvalue weighted by molar-refractivity contribution is 5.36. The fraction of sp³-hybridized carbons (Fsp3) is 0.172. The third-order valence-electron chi connectivity index (χ3n) is 5.70. The maximum atomic E-state index is 11.7. The number of rotatable bonds is 10. The Bertz CT molecular complexity index is 1090. The first-order chi connectivity index (χ1) is 16.3. The van der Waals surface area contributed by atoms with Crippen LogP contribution in [0.2, 0.25) is 0 Å². The van der Waals surface area contributed by atoms with Crippen molar-refractivity contribution in [3.05, 3.63) is 138 Å². The first-order valence-electron chi connectivity index (χ1n) is 11.1. The summed E-state index contributed by atoms with van der Waals surface area (Å²) in [7, 11) is 1.65.